The maximum Gasteiger partial charge on any atom is 0.320 e. The van der Waals surface area contributed by atoms with Crippen LogP contribution in [0.2, 0.25) is 5.02 Å². The fourth-order valence-electron chi connectivity index (χ4n) is 3.94. The van der Waals surface area contributed by atoms with E-state index in [1.165, 1.54) is 29.9 Å². The van der Waals surface area contributed by atoms with Crippen LogP contribution in [-0.2, 0) is 19.4 Å². The molecule has 0 radical (unpaired) electrons. The van der Waals surface area contributed by atoms with Crippen molar-refractivity contribution in [3.63, 3.8) is 0 Å². The van der Waals surface area contributed by atoms with Gasteiger partial charge < -0.3 is 15.7 Å². The molecule has 8 nitrogen and oxygen atoms in total. The third kappa shape index (κ3) is 6.99. The van der Waals surface area contributed by atoms with Gasteiger partial charge in [0.25, 0.3) is 0 Å². The van der Waals surface area contributed by atoms with Gasteiger partial charge in [-0.1, -0.05) is 48.3 Å². The summed E-state index contributed by atoms with van der Waals surface area (Å²) in [5.74, 6) is -1.27. The molecule has 0 aliphatic heterocycles. The Balaban J connectivity index is 1.64. The molecule has 1 aliphatic rings. The second-order valence-corrected chi connectivity index (χ2v) is 11.7. The summed E-state index contributed by atoms with van der Waals surface area (Å²) in [4.78, 5) is 29.2. The Morgan fingerprint density at radius 1 is 1.27 bits per heavy atom. The standard InChI is InChI=1S/C22H28ClN3O5S2/c1-13-20(14-8-9-16(23)18(12-14)33(2,30)31)32-22(24-13)26-19(27)11-10-17(21(28)29)25-15-6-4-3-5-7-15/h8-9,12,15,17,25H,3-7,10-11H2,1-2H3,(H,28,29)(H,24,26,27)/t17-/m1/s1. The Labute approximate surface area is 202 Å². The van der Waals surface area contributed by atoms with Crippen molar-refractivity contribution in [3.8, 4) is 10.4 Å². The second-order valence-electron chi connectivity index (χ2n) is 8.33. The van der Waals surface area contributed by atoms with Crippen LogP contribution in [0.25, 0.3) is 10.4 Å². The van der Waals surface area contributed by atoms with Gasteiger partial charge in [-0.2, -0.15) is 0 Å². The fraction of sp³-hybridized carbons (Fsp3) is 0.500. The molecule has 0 unspecified atom stereocenters. The maximum absolute atomic E-state index is 12.5. The van der Waals surface area contributed by atoms with Crippen LogP contribution < -0.4 is 10.6 Å². The number of carbonyl (C=O) groups is 2. The highest BCUT2D eigenvalue weighted by atomic mass is 35.5. The van der Waals surface area contributed by atoms with Crippen LogP contribution in [0.15, 0.2) is 23.1 Å². The van der Waals surface area contributed by atoms with E-state index in [9.17, 15) is 23.1 Å². The van der Waals surface area contributed by atoms with Crippen LogP contribution >= 0.6 is 22.9 Å². The number of aliphatic carboxylic acids is 1. The van der Waals surface area contributed by atoms with Crippen molar-refractivity contribution in [1.82, 2.24) is 10.3 Å². The molecule has 3 rings (SSSR count). The lowest BCUT2D eigenvalue weighted by atomic mass is 9.94. The van der Waals surface area contributed by atoms with Crippen molar-refractivity contribution in [2.75, 3.05) is 11.6 Å². The van der Waals surface area contributed by atoms with Gasteiger partial charge in [-0.15, -0.1) is 0 Å². The lowest BCUT2D eigenvalue weighted by molar-refractivity contribution is -0.140. The first kappa shape index (κ1) is 25.6. The van der Waals surface area contributed by atoms with Gasteiger partial charge in [0.15, 0.2) is 15.0 Å². The van der Waals surface area contributed by atoms with E-state index in [0.717, 1.165) is 31.9 Å². The molecule has 1 aromatic heterocycles. The highest BCUT2D eigenvalue weighted by Gasteiger charge is 2.24. The predicted molar refractivity (Wildman–Crippen MR) is 130 cm³/mol. The van der Waals surface area contributed by atoms with Gasteiger partial charge in [0.1, 0.15) is 6.04 Å². The fourth-order valence-corrected chi connectivity index (χ4v) is 6.22. The van der Waals surface area contributed by atoms with E-state index in [2.05, 4.69) is 15.6 Å². The first-order chi connectivity index (χ1) is 15.5. The minimum atomic E-state index is -3.49. The summed E-state index contributed by atoms with van der Waals surface area (Å²) in [6, 6.07) is 4.14. The molecule has 0 saturated heterocycles. The Kier molecular flexibility index (Phi) is 8.49. The van der Waals surface area contributed by atoms with Gasteiger partial charge in [0.05, 0.1) is 20.5 Å². The average Bonchev–Trinajstić information content (AvgIpc) is 3.11. The molecule has 2 aromatic rings. The van der Waals surface area contributed by atoms with E-state index < -0.39 is 21.8 Å². The number of thiazole rings is 1. The maximum atomic E-state index is 12.5. The molecule has 11 heteroatoms. The number of halogens is 1. The summed E-state index contributed by atoms with van der Waals surface area (Å²) in [7, 11) is -3.49. The summed E-state index contributed by atoms with van der Waals surface area (Å²) >= 11 is 7.25. The van der Waals surface area contributed by atoms with Crippen LogP contribution in [-0.4, -0.2) is 48.7 Å². The number of hydrogen-bond donors (Lipinski definition) is 3. The number of rotatable bonds is 9. The smallest absolute Gasteiger partial charge is 0.320 e. The van der Waals surface area contributed by atoms with E-state index in [-0.39, 0.29) is 34.7 Å². The number of sulfone groups is 1. The Morgan fingerprint density at radius 2 is 1.97 bits per heavy atom. The highest BCUT2D eigenvalue weighted by Crippen LogP contribution is 2.35. The lowest BCUT2D eigenvalue weighted by Gasteiger charge is -2.26. The van der Waals surface area contributed by atoms with Crippen molar-refractivity contribution in [2.45, 2.75) is 68.8 Å². The number of aromatic nitrogens is 1. The molecule has 0 bridgehead atoms. The van der Waals surface area contributed by atoms with Crippen molar-refractivity contribution >= 4 is 49.8 Å². The van der Waals surface area contributed by atoms with Crippen LogP contribution in [0.1, 0.15) is 50.6 Å². The van der Waals surface area contributed by atoms with E-state index >= 15 is 0 Å². The molecule has 1 saturated carbocycles. The molecule has 0 spiro atoms. The summed E-state index contributed by atoms with van der Waals surface area (Å²) in [5.41, 5.74) is 1.28. The minimum absolute atomic E-state index is 0.0326. The third-order valence-corrected chi connectivity index (χ3v) is 8.34. The first-order valence-corrected chi connectivity index (χ1v) is 13.9. The zero-order chi connectivity index (χ0) is 24.2. The molecule has 3 N–H and O–H groups in total. The predicted octanol–water partition coefficient (Wildman–Crippen LogP) is 4.27. The number of nitrogens with one attached hydrogen (secondary N) is 2. The molecular weight excluding hydrogens is 486 g/mol. The average molecular weight is 514 g/mol. The van der Waals surface area contributed by atoms with E-state index in [4.69, 9.17) is 11.6 Å². The number of carbonyl (C=O) groups excluding carboxylic acids is 1. The molecule has 1 heterocycles. The molecule has 1 aromatic carbocycles. The summed E-state index contributed by atoms with van der Waals surface area (Å²) in [6.45, 7) is 1.77. The van der Waals surface area contributed by atoms with Gasteiger partial charge >= 0.3 is 5.97 Å². The number of amides is 1. The van der Waals surface area contributed by atoms with Crippen LogP contribution in [0.5, 0.6) is 0 Å². The van der Waals surface area contributed by atoms with Gasteiger partial charge in [-0.25, -0.2) is 13.4 Å². The number of nitrogens with zero attached hydrogens (tertiary/aromatic N) is 1. The lowest BCUT2D eigenvalue weighted by Crippen LogP contribution is -2.44. The molecule has 180 valence electrons. The number of aryl methyl sites for hydroxylation is 1. The summed E-state index contributed by atoms with van der Waals surface area (Å²) in [5, 5.41) is 15.9. The van der Waals surface area contributed by atoms with Gasteiger partial charge in [0.2, 0.25) is 5.91 Å². The quantitative estimate of drug-likeness (QED) is 0.457. The van der Waals surface area contributed by atoms with Gasteiger partial charge in [-0.3, -0.25) is 9.59 Å². The number of anilines is 1. The zero-order valence-electron chi connectivity index (χ0n) is 18.6. The Bertz CT molecular complexity index is 1130. The van der Waals surface area contributed by atoms with Crippen molar-refractivity contribution < 1.29 is 23.1 Å². The molecule has 1 fully saturated rings. The van der Waals surface area contributed by atoms with Gasteiger partial charge in [-0.05, 0) is 43.9 Å². The number of carboxylic acid groups (broad SMARTS) is 1. The monoisotopic (exact) mass is 513 g/mol. The Morgan fingerprint density at radius 3 is 2.61 bits per heavy atom. The van der Waals surface area contributed by atoms with Gasteiger partial charge in [0, 0.05) is 18.7 Å². The van der Waals surface area contributed by atoms with E-state index in [1.807, 2.05) is 0 Å². The van der Waals surface area contributed by atoms with E-state index in [1.54, 1.807) is 13.0 Å². The van der Waals surface area contributed by atoms with E-state index in [0.29, 0.717) is 21.3 Å². The zero-order valence-corrected chi connectivity index (χ0v) is 20.9. The number of hydrogen-bond acceptors (Lipinski definition) is 7. The molecule has 1 aliphatic carbocycles. The second kappa shape index (κ2) is 10.9. The van der Waals surface area contributed by atoms with Crippen molar-refractivity contribution in [3.05, 3.63) is 28.9 Å². The van der Waals surface area contributed by atoms with Crippen LogP contribution in [0.4, 0.5) is 5.13 Å². The molecule has 33 heavy (non-hydrogen) atoms. The first-order valence-electron chi connectivity index (χ1n) is 10.8. The van der Waals surface area contributed by atoms with Crippen molar-refractivity contribution in [1.29, 1.82) is 0 Å². The molecule has 1 atom stereocenters. The largest absolute Gasteiger partial charge is 0.480 e. The number of benzene rings is 1. The summed E-state index contributed by atoms with van der Waals surface area (Å²) in [6.07, 6.45) is 6.61. The molecular formula is C22H28ClN3O5S2. The molecule has 1 amide bonds. The Hall–Kier alpha value is -2.01. The van der Waals surface area contributed by atoms with Crippen LogP contribution in [0.3, 0.4) is 0 Å². The SMILES string of the molecule is Cc1nc(NC(=O)CC[C@@H](NC2CCCCC2)C(=O)O)sc1-c1ccc(Cl)c(S(C)(=O)=O)c1. The third-order valence-electron chi connectivity index (χ3n) is 5.64. The van der Waals surface area contributed by atoms with Crippen molar-refractivity contribution in [2.24, 2.45) is 0 Å². The summed E-state index contributed by atoms with van der Waals surface area (Å²) < 4.78 is 23.9. The minimum Gasteiger partial charge on any atom is -0.480 e. The topological polar surface area (TPSA) is 125 Å². The number of carboxylic acids is 1. The highest BCUT2D eigenvalue weighted by molar-refractivity contribution is 7.90. The van der Waals surface area contributed by atoms with Crippen LogP contribution in [0, 0.1) is 6.92 Å². The normalized spacial score (nSPS) is 15.8.